The second-order valence-corrected chi connectivity index (χ2v) is 19.5. The lowest BCUT2D eigenvalue weighted by molar-refractivity contribution is -0.167. The molecule has 0 radical (unpaired) electrons. The Bertz CT molecular complexity index is 1470. The van der Waals surface area contributed by atoms with Crippen LogP contribution in [0.25, 0.3) is 0 Å². The molecule has 410 valence electrons. The molecule has 0 fully saturated rings. The van der Waals surface area contributed by atoms with Crippen molar-refractivity contribution in [1.82, 2.24) is 0 Å². The lowest BCUT2D eigenvalue weighted by Gasteiger charge is -2.18. The Balaban J connectivity index is 4.26. The first-order valence-corrected chi connectivity index (χ1v) is 29.9. The maximum Gasteiger partial charge on any atom is 0.306 e. The van der Waals surface area contributed by atoms with E-state index in [9.17, 15) is 14.4 Å². The van der Waals surface area contributed by atoms with Gasteiger partial charge in [0.2, 0.25) is 0 Å². The van der Waals surface area contributed by atoms with Crippen LogP contribution in [0.4, 0.5) is 0 Å². The largest absolute Gasteiger partial charge is 0.462 e. The molecule has 0 bridgehead atoms. The van der Waals surface area contributed by atoms with Crippen LogP contribution >= 0.6 is 0 Å². The summed E-state index contributed by atoms with van der Waals surface area (Å²) in [7, 11) is 0. The normalized spacial score (nSPS) is 12.9. The number of hydrogen-bond acceptors (Lipinski definition) is 6. The molecule has 0 aromatic carbocycles. The molecule has 6 heteroatoms. The molecule has 0 aromatic heterocycles. The third kappa shape index (κ3) is 57.0. The van der Waals surface area contributed by atoms with Gasteiger partial charge in [0.1, 0.15) is 13.2 Å². The fourth-order valence-electron chi connectivity index (χ4n) is 8.07. The second-order valence-electron chi connectivity index (χ2n) is 19.5. The van der Waals surface area contributed by atoms with E-state index in [0.717, 1.165) is 135 Å². The van der Waals surface area contributed by atoms with Crippen LogP contribution in [0.5, 0.6) is 0 Å². The molecular weight excluding hydrogens is 889 g/mol. The highest BCUT2D eigenvalue weighted by atomic mass is 16.6. The van der Waals surface area contributed by atoms with E-state index in [0.29, 0.717) is 19.3 Å². The van der Waals surface area contributed by atoms with Crippen molar-refractivity contribution in [1.29, 1.82) is 0 Å². The molecule has 0 saturated carbocycles. The van der Waals surface area contributed by atoms with Gasteiger partial charge in [0, 0.05) is 19.3 Å². The molecule has 0 aliphatic carbocycles. The van der Waals surface area contributed by atoms with Crippen LogP contribution in [0.15, 0.2) is 109 Å². The van der Waals surface area contributed by atoms with Gasteiger partial charge in [0.25, 0.3) is 0 Å². The summed E-state index contributed by atoms with van der Waals surface area (Å²) >= 11 is 0. The predicted molar refractivity (Wildman–Crippen MR) is 311 cm³/mol. The van der Waals surface area contributed by atoms with Crippen LogP contribution < -0.4 is 0 Å². The summed E-state index contributed by atoms with van der Waals surface area (Å²) in [6.45, 7) is 6.34. The molecule has 0 spiro atoms. The first-order chi connectivity index (χ1) is 35.5. The van der Waals surface area contributed by atoms with Crippen molar-refractivity contribution < 1.29 is 28.6 Å². The molecule has 1 unspecified atom stereocenters. The number of ether oxygens (including phenoxy) is 3. The van der Waals surface area contributed by atoms with Crippen LogP contribution in [0.1, 0.15) is 271 Å². The van der Waals surface area contributed by atoms with Crippen molar-refractivity contribution in [3.05, 3.63) is 109 Å². The highest BCUT2D eigenvalue weighted by molar-refractivity contribution is 5.71. The summed E-state index contributed by atoms with van der Waals surface area (Å²) in [6, 6.07) is 0. The Morgan fingerprint density at radius 1 is 0.292 bits per heavy atom. The van der Waals surface area contributed by atoms with E-state index in [1.807, 2.05) is 0 Å². The van der Waals surface area contributed by atoms with E-state index >= 15 is 0 Å². The topological polar surface area (TPSA) is 78.9 Å². The minimum absolute atomic E-state index is 0.0868. The van der Waals surface area contributed by atoms with Gasteiger partial charge in [-0.1, -0.05) is 246 Å². The Morgan fingerprint density at radius 3 is 0.861 bits per heavy atom. The number of rotatable bonds is 53. The summed E-state index contributed by atoms with van der Waals surface area (Å²) < 4.78 is 16.8. The zero-order chi connectivity index (χ0) is 52.2. The SMILES string of the molecule is CC/C=C\C/C=C\C/C=C\C/C=C\C/C=C\CCCCCCCCCCCCCC(=O)OCC(COC(=O)CCCCCCC/C=C\CCC)OC(=O)CCCCCCCCC/C=C\C/C=C\C/C=C\CC. The first kappa shape index (κ1) is 68.1. The van der Waals surface area contributed by atoms with Crippen molar-refractivity contribution in [2.24, 2.45) is 0 Å². The molecule has 1 atom stereocenters. The van der Waals surface area contributed by atoms with Crippen molar-refractivity contribution in [3.63, 3.8) is 0 Å². The molecule has 72 heavy (non-hydrogen) atoms. The summed E-state index contributed by atoms with van der Waals surface area (Å²) in [6.07, 6.45) is 80.9. The zero-order valence-electron chi connectivity index (χ0n) is 46.9. The fourth-order valence-corrected chi connectivity index (χ4v) is 8.07. The zero-order valence-corrected chi connectivity index (χ0v) is 46.9. The van der Waals surface area contributed by atoms with E-state index in [4.69, 9.17) is 14.2 Å². The molecule has 0 aromatic rings. The van der Waals surface area contributed by atoms with Crippen LogP contribution in [0, 0.1) is 0 Å². The van der Waals surface area contributed by atoms with Gasteiger partial charge in [-0.2, -0.15) is 0 Å². The Kier molecular flexibility index (Phi) is 56.4. The lowest BCUT2D eigenvalue weighted by Crippen LogP contribution is -2.30. The Labute approximate surface area is 444 Å². The highest BCUT2D eigenvalue weighted by Gasteiger charge is 2.19. The second kappa shape index (κ2) is 59.6. The Morgan fingerprint density at radius 2 is 0.542 bits per heavy atom. The summed E-state index contributed by atoms with van der Waals surface area (Å²) in [4.78, 5) is 38.1. The van der Waals surface area contributed by atoms with Crippen LogP contribution in [-0.4, -0.2) is 37.2 Å². The first-order valence-electron chi connectivity index (χ1n) is 29.9. The number of hydrogen-bond donors (Lipinski definition) is 0. The van der Waals surface area contributed by atoms with Crippen LogP contribution in [-0.2, 0) is 28.6 Å². The maximum atomic E-state index is 12.8. The molecule has 0 aliphatic heterocycles. The average Bonchev–Trinajstić information content (AvgIpc) is 3.38. The third-order valence-electron chi connectivity index (χ3n) is 12.5. The standard InChI is InChI=1S/C66H110O6/c1-4-7-10-13-16-19-22-24-26-28-29-30-31-32-33-34-35-36-37-39-40-42-44-47-50-53-56-59-65(68)71-62-63(61-70-64(67)58-55-52-49-46-21-18-15-12-9-6-3)72-66(69)60-57-54-51-48-45-43-41-38-27-25-23-20-17-14-11-8-5-2/h7-8,10-12,15-17,19-20,24-27,29-30,32-33,63H,4-6,9,13-14,18,21-23,28,31,34-62H2,1-3H3/b10-7-,11-8-,15-12-,19-16-,20-17-,26-24-,27-25-,30-29-,33-32-. The molecule has 0 N–H and O–H groups in total. The number of carbonyl (C=O) groups excluding carboxylic acids is 3. The quantitative estimate of drug-likeness (QED) is 0.0261. The maximum absolute atomic E-state index is 12.8. The summed E-state index contributed by atoms with van der Waals surface area (Å²) in [5, 5.41) is 0. The van der Waals surface area contributed by atoms with Crippen LogP contribution in [0.2, 0.25) is 0 Å². The third-order valence-corrected chi connectivity index (χ3v) is 12.5. The van der Waals surface area contributed by atoms with Gasteiger partial charge in [-0.25, -0.2) is 0 Å². The minimum atomic E-state index is -0.789. The van der Waals surface area contributed by atoms with E-state index in [1.54, 1.807) is 0 Å². The van der Waals surface area contributed by atoms with Gasteiger partial charge in [-0.05, 0) is 116 Å². The fraction of sp³-hybridized carbons (Fsp3) is 0.682. The number of esters is 3. The van der Waals surface area contributed by atoms with Gasteiger partial charge in [0.15, 0.2) is 6.10 Å². The number of carbonyl (C=O) groups is 3. The number of unbranched alkanes of at least 4 members (excludes halogenated alkanes) is 24. The van der Waals surface area contributed by atoms with E-state index in [1.165, 1.54) is 96.3 Å². The predicted octanol–water partition coefficient (Wildman–Crippen LogP) is 20.3. The lowest BCUT2D eigenvalue weighted by atomic mass is 10.0. The summed E-state index contributed by atoms with van der Waals surface area (Å²) in [5.74, 6) is -0.908. The Hall–Kier alpha value is -3.93. The molecular formula is C66H110O6. The average molecular weight is 1000 g/mol. The summed E-state index contributed by atoms with van der Waals surface area (Å²) in [5.41, 5.74) is 0. The van der Waals surface area contributed by atoms with Gasteiger partial charge >= 0.3 is 17.9 Å². The van der Waals surface area contributed by atoms with Crippen LogP contribution in [0.3, 0.4) is 0 Å². The molecule has 0 rings (SSSR count). The molecule has 0 aliphatic rings. The minimum Gasteiger partial charge on any atom is -0.462 e. The molecule has 0 saturated heterocycles. The van der Waals surface area contributed by atoms with Crippen molar-refractivity contribution in [2.45, 2.75) is 277 Å². The van der Waals surface area contributed by atoms with E-state index < -0.39 is 6.10 Å². The smallest absolute Gasteiger partial charge is 0.306 e. The van der Waals surface area contributed by atoms with Gasteiger partial charge in [0.05, 0.1) is 0 Å². The van der Waals surface area contributed by atoms with E-state index in [2.05, 4.69) is 130 Å². The monoisotopic (exact) mass is 999 g/mol. The van der Waals surface area contributed by atoms with Crippen molar-refractivity contribution in [3.8, 4) is 0 Å². The van der Waals surface area contributed by atoms with Crippen molar-refractivity contribution in [2.75, 3.05) is 13.2 Å². The molecule has 6 nitrogen and oxygen atoms in total. The highest BCUT2D eigenvalue weighted by Crippen LogP contribution is 2.15. The molecule has 0 heterocycles. The van der Waals surface area contributed by atoms with Crippen molar-refractivity contribution >= 4 is 17.9 Å². The van der Waals surface area contributed by atoms with Gasteiger partial charge in [-0.15, -0.1) is 0 Å². The number of allylic oxidation sites excluding steroid dienone is 18. The van der Waals surface area contributed by atoms with Gasteiger partial charge < -0.3 is 14.2 Å². The van der Waals surface area contributed by atoms with Gasteiger partial charge in [-0.3, -0.25) is 14.4 Å². The van der Waals surface area contributed by atoms with E-state index in [-0.39, 0.29) is 31.1 Å². The molecule has 0 amide bonds.